The van der Waals surface area contributed by atoms with E-state index in [4.69, 9.17) is 6.42 Å². The summed E-state index contributed by atoms with van der Waals surface area (Å²) in [7, 11) is 0. The molecule has 1 rings (SSSR count). The van der Waals surface area contributed by atoms with Gasteiger partial charge in [-0.3, -0.25) is 0 Å². The van der Waals surface area contributed by atoms with E-state index in [2.05, 4.69) is 53.4 Å². The van der Waals surface area contributed by atoms with Gasteiger partial charge in [-0.2, -0.15) is 0 Å². The van der Waals surface area contributed by atoms with Gasteiger partial charge in [0.05, 0.1) is 6.54 Å². The second-order valence-electron chi connectivity index (χ2n) is 4.06. The third-order valence-electron chi connectivity index (χ3n) is 2.69. The Morgan fingerprint density at radius 1 is 1.24 bits per heavy atom. The summed E-state index contributed by atoms with van der Waals surface area (Å²) < 4.78 is 0. The van der Waals surface area contributed by atoms with Gasteiger partial charge in [-0.1, -0.05) is 37.5 Å². The molecule has 1 aromatic carbocycles. The first-order chi connectivity index (χ1) is 8.38. The summed E-state index contributed by atoms with van der Waals surface area (Å²) in [5.74, 6) is 2.59. The Hall–Kier alpha value is -1.46. The first-order valence-corrected chi connectivity index (χ1v) is 6.32. The van der Waals surface area contributed by atoms with E-state index in [1.807, 2.05) is 0 Å². The third-order valence-corrected chi connectivity index (χ3v) is 2.69. The molecule has 0 aliphatic rings. The fraction of sp³-hybridized carbons (Fsp3) is 0.467. The largest absolute Gasteiger partial charge is 0.370 e. The number of terminal acetylenes is 1. The fourth-order valence-corrected chi connectivity index (χ4v) is 1.73. The zero-order chi connectivity index (χ0) is 12.3. The van der Waals surface area contributed by atoms with Gasteiger partial charge in [0.2, 0.25) is 0 Å². The maximum absolute atomic E-state index is 5.21. The molecule has 0 heterocycles. The van der Waals surface area contributed by atoms with Gasteiger partial charge in [-0.05, 0) is 18.6 Å². The smallest absolute Gasteiger partial charge is 0.0574 e. The lowest BCUT2D eigenvalue weighted by molar-refractivity contribution is 0.672. The molecule has 0 unspecified atom stereocenters. The van der Waals surface area contributed by atoms with Gasteiger partial charge in [-0.15, -0.1) is 6.42 Å². The molecule has 1 N–H and O–H groups in total. The number of nitrogens with one attached hydrogen (secondary N) is 1. The van der Waals surface area contributed by atoms with Crippen LogP contribution in [0.2, 0.25) is 0 Å². The van der Waals surface area contributed by atoms with Crippen molar-refractivity contribution >= 4 is 5.69 Å². The zero-order valence-corrected chi connectivity index (χ0v) is 10.7. The Bertz CT molecular complexity index is 327. The van der Waals surface area contributed by atoms with Crippen LogP contribution in [0, 0.1) is 12.3 Å². The topological polar surface area (TPSA) is 15.3 Å². The summed E-state index contributed by atoms with van der Waals surface area (Å²) in [5.41, 5.74) is 1.29. The van der Waals surface area contributed by atoms with Crippen LogP contribution in [-0.2, 0) is 0 Å². The van der Waals surface area contributed by atoms with Crippen LogP contribution < -0.4 is 10.2 Å². The highest BCUT2D eigenvalue weighted by Crippen LogP contribution is 2.13. The molecule has 0 aliphatic heterocycles. The second-order valence-corrected chi connectivity index (χ2v) is 4.06. The average Bonchev–Trinajstić information content (AvgIpc) is 2.39. The number of benzene rings is 1. The molecule has 0 bridgehead atoms. The molecule has 0 fully saturated rings. The molecule has 0 spiro atoms. The van der Waals surface area contributed by atoms with E-state index < -0.39 is 0 Å². The second kappa shape index (κ2) is 8.66. The molecule has 0 saturated heterocycles. The Balaban J connectivity index is 2.46. The van der Waals surface area contributed by atoms with Crippen molar-refractivity contribution in [3.63, 3.8) is 0 Å². The van der Waals surface area contributed by atoms with Gasteiger partial charge < -0.3 is 10.2 Å². The van der Waals surface area contributed by atoms with Crippen LogP contribution in [-0.4, -0.2) is 26.2 Å². The number of rotatable bonds is 8. The summed E-state index contributed by atoms with van der Waals surface area (Å²) in [4.78, 5) is 2.41. The van der Waals surface area contributed by atoms with Gasteiger partial charge in [0.1, 0.15) is 0 Å². The van der Waals surface area contributed by atoms with Crippen molar-refractivity contribution in [3.8, 4) is 12.3 Å². The van der Waals surface area contributed by atoms with E-state index in [1.165, 1.54) is 18.5 Å². The SMILES string of the molecule is C#CCNCCN(CCCC)c1ccccc1. The van der Waals surface area contributed by atoms with Crippen molar-refractivity contribution in [3.05, 3.63) is 30.3 Å². The van der Waals surface area contributed by atoms with E-state index >= 15 is 0 Å². The van der Waals surface area contributed by atoms with Gasteiger partial charge >= 0.3 is 0 Å². The molecule has 92 valence electrons. The molecule has 0 radical (unpaired) electrons. The van der Waals surface area contributed by atoms with E-state index in [0.29, 0.717) is 6.54 Å². The minimum atomic E-state index is 0.649. The quantitative estimate of drug-likeness (QED) is 0.545. The van der Waals surface area contributed by atoms with Crippen LogP contribution in [0.5, 0.6) is 0 Å². The number of nitrogens with zero attached hydrogens (tertiary/aromatic N) is 1. The van der Waals surface area contributed by atoms with Gasteiger partial charge in [0.25, 0.3) is 0 Å². The van der Waals surface area contributed by atoms with Gasteiger partial charge in [0, 0.05) is 25.3 Å². The molecule has 1 aromatic rings. The predicted octanol–water partition coefficient (Wildman–Crippen LogP) is 2.52. The zero-order valence-electron chi connectivity index (χ0n) is 10.7. The molecule has 0 amide bonds. The van der Waals surface area contributed by atoms with Crippen LogP contribution in [0.3, 0.4) is 0 Å². The first kappa shape index (κ1) is 13.6. The number of para-hydroxylation sites is 1. The van der Waals surface area contributed by atoms with Crippen molar-refractivity contribution in [1.29, 1.82) is 0 Å². The number of hydrogen-bond acceptors (Lipinski definition) is 2. The van der Waals surface area contributed by atoms with Gasteiger partial charge in [-0.25, -0.2) is 0 Å². The first-order valence-electron chi connectivity index (χ1n) is 6.32. The normalized spacial score (nSPS) is 9.88. The fourth-order valence-electron chi connectivity index (χ4n) is 1.73. The summed E-state index contributed by atoms with van der Waals surface area (Å²) in [6, 6.07) is 10.6. The van der Waals surface area contributed by atoms with Crippen molar-refractivity contribution in [2.24, 2.45) is 0 Å². The van der Waals surface area contributed by atoms with Crippen molar-refractivity contribution in [1.82, 2.24) is 5.32 Å². The van der Waals surface area contributed by atoms with E-state index in [-0.39, 0.29) is 0 Å². The number of unbranched alkanes of at least 4 members (excludes halogenated alkanes) is 1. The lowest BCUT2D eigenvalue weighted by atomic mass is 10.2. The highest BCUT2D eigenvalue weighted by molar-refractivity contribution is 5.45. The lowest BCUT2D eigenvalue weighted by Gasteiger charge is -2.24. The van der Waals surface area contributed by atoms with Crippen LogP contribution in [0.15, 0.2) is 30.3 Å². The molecular formula is C15H22N2. The standard InChI is InChI=1S/C15H22N2/c1-3-5-13-17(14-12-16-11-4-2)15-9-7-6-8-10-15/h2,6-10,16H,3,5,11-14H2,1H3. The summed E-state index contributed by atoms with van der Waals surface area (Å²) in [5, 5.41) is 3.23. The lowest BCUT2D eigenvalue weighted by Crippen LogP contribution is -2.33. The van der Waals surface area contributed by atoms with Crippen LogP contribution in [0.1, 0.15) is 19.8 Å². The van der Waals surface area contributed by atoms with Crippen LogP contribution in [0.25, 0.3) is 0 Å². The number of hydrogen-bond donors (Lipinski definition) is 1. The van der Waals surface area contributed by atoms with Gasteiger partial charge in [0.15, 0.2) is 0 Å². The average molecular weight is 230 g/mol. The maximum atomic E-state index is 5.21. The summed E-state index contributed by atoms with van der Waals surface area (Å²) in [6.45, 7) is 5.92. The summed E-state index contributed by atoms with van der Waals surface area (Å²) >= 11 is 0. The molecule has 17 heavy (non-hydrogen) atoms. The maximum Gasteiger partial charge on any atom is 0.0574 e. The van der Waals surface area contributed by atoms with E-state index in [0.717, 1.165) is 19.6 Å². The summed E-state index contributed by atoms with van der Waals surface area (Å²) in [6.07, 6.45) is 7.66. The molecule has 0 aliphatic carbocycles. The minimum absolute atomic E-state index is 0.649. The Kier molecular flexibility index (Phi) is 6.93. The van der Waals surface area contributed by atoms with E-state index in [9.17, 15) is 0 Å². The molecule has 0 atom stereocenters. The number of anilines is 1. The molecule has 2 heteroatoms. The predicted molar refractivity (Wildman–Crippen MR) is 75.3 cm³/mol. The minimum Gasteiger partial charge on any atom is -0.370 e. The molecular weight excluding hydrogens is 208 g/mol. The Morgan fingerprint density at radius 3 is 2.65 bits per heavy atom. The van der Waals surface area contributed by atoms with E-state index in [1.54, 1.807) is 0 Å². The van der Waals surface area contributed by atoms with Crippen LogP contribution in [0.4, 0.5) is 5.69 Å². The van der Waals surface area contributed by atoms with Crippen LogP contribution >= 0.6 is 0 Å². The Labute approximate surface area is 105 Å². The highest BCUT2D eigenvalue weighted by atomic mass is 15.1. The molecule has 0 saturated carbocycles. The third kappa shape index (κ3) is 5.42. The van der Waals surface area contributed by atoms with Crippen molar-refractivity contribution in [2.45, 2.75) is 19.8 Å². The van der Waals surface area contributed by atoms with Crippen molar-refractivity contribution < 1.29 is 0 Å². The monoisotopic (exact) mass is 230 g/mol. The molecule has 2 nitrogen and oxygen atoms in total. The highest BCUT2D eigenvalue weighted by Gasteiger charge is 2.04. The van der Waals surface area contributed by atoms with Crippen molar-refractivity contribution in [2.75, 3.05) is 31.1 Å². The molecule has 0 aromatic heterocycles. The Morgan fingerprint density at radius 2 is 2.00 bits per heavy atom.